The van der Waals surface area contributed by atoms with E-state index in [0.29, 0.717) is 23.0 Å². The van der Waals surface area contributed by atoms with Crippen molar-refractivity contribution in [2.75, 3.05) is 6.61 Å². The van der Waals surface area contributed by atoms with Crippen molar-refractivity contribution < 1.29 is 24.2 Å². The molecule has 2 unspecified atom stereocenters. The molecule has 182 valence electrons. The average Bonchev–Trinajstić information content (AvgIpc) is 3.03. The van der Waals surface area contributed by atoms with E-state index in [1.807, 2.05) is 25.1 Å². The number of amides is 1. The Labute approximate surface area is 206 Å². The first-order chi connectivity index (χ1) is 15.8. The predicted octanol–water partition coefficient (Wildman–Crippen LogP) is 6.28. The van der Waals surface area contributed by atoms with Crippen molar-refractivity contribution in [3.8, 4) is 11.5 Å². The molecular weight excluding hydrogens is 458 g/mol. The largest absolute Gasteiger partial charge is 0.490 e. The highest BCUT2D eigenvalue weighted by molar-refractivity contribution is 8.26. The number of benzene rings is 1. The number of carboxylic acid groups (broad SMARTS) is 1. The van der Waals surface area contributed by atoms with Crippen molar-refractivity contribution in [2.45, 2.75) is 84.8 Å². The zero-order valence-electron chi connectivity index (χ0n) is 20.0. The first-order valence-electron chi connectivity index (χ1n) is 11.8. The second kappa shape index (κ2) is 13.6. The minimum Gasteiger partial charge on any atom is -0.490 e. The molecule has 1 amide bonds. The van der Waals surface area contributed by atoms with Crippen LogP contribution in [0.5, 0.6) is 11.5 Å². The van der Waals surface area contributed by atoms with Crippen LogP contribution in [0.1, 0.15) is 78.2 Å². The van der Waals surface area contributed by atoms with Crippen LogP contribution in [0.2, 0.25) is 0 Å². The fourth-order valence-corrected chi connectivity index (χ4v) is 5.02. The van der Waals surface area contributed by atoms with E-state index in [2.05, 4.69) is 13.8 Å². The Kier molecular flexibility index (Phi) is 11.2. The molecule has 1 heterocycles. The molecule has 2 rings (SSSR count). The summed E-state index contributed by atoms with van der Waals surface area (Å²) in [5.41, 5.74) is 0.766. The van der Waals surface area contributed by atoms with E-state index >= 15 is 0 Å². The van der Waals surface area contributed by atoms with Crippen LogP contribution in [0.4, 0.5) is 0 Å². The minimum absolute atomic E-state index is 0.0786. The molecule has 0 radical (unpaired) electrons. The van der Waals surface area contributed by atoms with Crippen molar-refractivity contribution in [3.05, 3.63) is 28.7 Å². The maximum atomic E-state index is 12.8. The number of unbranched alkanes of at least 4 members (excludes halogenated alkanes) is 4. The number of thiocarbonyl (C=S) groups is 1. The Balaban J connectivity index is 2.13. The van der Waals surface area contributed by atoms with Crippen LogP contribution in [0.25, 0.3) is 6.08 Å². The number of carbonyl (C=O) groups is 2. The molecule has 0 bridgehead atoms. The van der Waals surface area contributed by atoms with Gasteiger partial charge in [0.25, 0.3) is 5.91 Å². The lowest BCUT2D eigenvalue weighted by Crippen LogP contribution is -2.43. The molecule has 0 aliphatic carbocycles. The molecule has 0 aromatic heterocycles. The average molecular weight is 494 g/mol. The summed E-state index contributed by atoms with van der Waals surface area (Å²) in [6.45, 7) is 8.41. The van der Waals surface area contributed by atoms with Crippen molar-refractivity contribution in [3.63, 3.8) is 0 Å². The third-order valence-corrected chi connectivity index (χ3v) is 6.75. The van der Waals surface area contributed by atoms with Gasteiger partial charge >= 0.3 is 5.97 Å². The minimum atomic E-state index is -1.06. The van der Waals surface area contributed by atoms with Crippen LogP contribution in [-0.4, -0.2) is 45.0 Å². The van der Waals surface area contributed by atoms with Gasteiger partial charge in [0.15, 0.2) is 11.5 Å². The Morgan fingerprint density at radius 2 is 1.91 bits per heavy atom. The van der Waals surface area contributed by atoms with Gasteiger partial charge < -0.3 is 14.6 Å². The highest BCUT2D eigenvalue weighted by Gasteiger charge is 2.39. The van der Waals surface area contributed by atoms with Gasteiger partial charge in [0.2, 0.25) is 0 Å². The van der Waals surface area contributed by atoms with Crippen LogP contribution < -0.4 is 9.47 Å². The smallest absolute Gasteiger partial charge is 0.326 e. The van der Waals surface area contributed by atoms with Gasteiger partial charge in [-0.05, 0) is 56.9 Å². The van der Waals surface area contributed by atoms with Gasteiger partial charge in [0.1, 0.15) is 10.4 Å². The molecule has 0 spiro atoms. The summed E-state index contributed by atoms with van der Waals surface area (Å²) in [5.74, 6) is -0.139. The molecule has 6 nitrogen and oxygen atoms in total. The van der Waals surface area contributed by atoms with Crippen molar-refractivity contribution in [1.82, 2.24) is 4.90 Å². The summed E-state index contributed by atoms with van der Waals surface area (Å²) >= 11 is 6.41. The summed E-state index contributed by atoms with van der Waals surface area (Å²) in [6.07, 6.45) is 9.21. The second-order valence-electron chi connectivity index (χ2n) is 8.08. The lowest BCUT2D eigenvalue weighted by Gasteiger charge is -2.21. The third-order valence-electron chi connectivity index (χ3n) is 5.41. The molecule has 1 aromatic rings. The van der Waals surface area contributed by atoms with Gasteiger partial charge in [0.05, 0.1) is 17.6 Å². The molecule has 1 fully saturated rings. The van der Waals surface area contributed by atoms with E-state index in [9.17, 15) is 14.7 Å². The van der Waals surface area contributed by atoms with Crippen LogP contribution >= 0.6 is 24.0 Å². The fourth-order valence-electron chi connectivity index (χ4n) is 3.66. The lowest BCUT2D eigenvalue weighted by atomic mass is 10.1. The molecule has 0 saturated carbocycles. The van der Waals surface area contributed by atoms with Crippen molar-refractivity contribution in [2.24, 2.45) is 0 Å². The summed E-state index contributed by atoms with van der Waals surface area (Å²) in [6, 6.07) is 4.61. The summed E-state index contributed by atoms with van der Waals surface area (Å²) in [5, 5.41) is 9.42. The highest BCUT2D eigenvalue weighted by Crippen LogP contribution is 2.36. The van der Waals surface area contributed by atoms with E-state index < -0.39 is 12.0 Å². The summed E-state index contributed by atoms with van der Waals surface area (Å²) < 4.78 is 12.2. The Hall–Kier alpha value is -2.06. The van der Waals surface area contributed by atoms with Gasteiger partial charge in [-0.1, -0.05) is 69.6 Å². The monoisotopic (exact) mass is 493 g/mol. The van der Waals surface area contributed by atoms with E-state index in [1.54, 1.807) is 13.0 Å². The quantitative estimate of drug-likeness (QED) is 0.186. The standard InChI is InChI=1S/C25H35NO5S2/c1-5-8-9-10-11-12-17(4)31-20-14-13-18(15-21(20)30-7-3)16-22-23(27)26(25(32)33-22)19(6-2)24(28)29/h13-17,19H,5-12H2,1-4H3,(H,28,29). The van der Waals surface area contributed by atoms with Gasteiger partial charge in [0, 0.05) is 0 Å². The Morgan fingerprint density at radius 1 is 1.18 bits per heavy atom. The molecule has 2 atom stereocenters. The SMILES string of the molecule is CCCCCCCC(C)Oc1ccc(C=C2SC(=S)N(C(CC)C(=O)O)C2=O)cc1OCC. The third kappa shape index (κ3) is 7.74. The zero-order chi connectivity index (χ0) is 24.4. The van der Waals surface area contributed by atoms with Gasteiger partial charge in [-0.3, -0.25) is 9.69 Å². The molecule has 1 aliphatic heterocycles. The second-order valence-corrected chi connectivity index (χ2v) is 9.76. The maximum Gasteiger partial charge on any atom is 0.326 e. The zero-order valence-corrected chi connectivity index (χ0v) is 21.6. The number of nitrogens with zero attached hydrogens (tertiary/aromatic N) is 1. The number of thioether (sulfide) groups is 1. The first-order valence-corrected chi connectivity index (χ1v) is 13.0. The van der Waals surface area contributed by atoms with Crippen molar-refractivity contribution in [1.29, 1.82) is 0 Å². The topological polar surface area (TPSA) is 76.1 Å². The van der Waals surface area contributed by atoms with Gasteiger partial charge in [-0.2, -0.15) is 0 Å². The van der Waals surface area contributed by atoms with Gasteiger partial charge in [-0.15, -0.1) is 0 Å². The first kappa shape index (κ1) is 27.2. The molecule has 1 aromatic carbocycles. The molecule has 1 saturated heterocycles. The number of aliphatic carboxylic acids is 1. The summed E-state index contributed by atoms with van der Waals surface area (Å²) in [7, 11) is 0. The van der Waals surface area contributed by atoms with Crippen LogP contribution in [0.15, 0.2) is 23.1 Å². The Morgan fingerprint density at radius 3 is 2.55 bits per heavy atom. The number of carbonyl (C=O) groups excluding carboxylic acids is 1. The van der Waals surface area contributed by atoms with Crippen molar-refractivity contribution >= 4 is 46.3 Å². The van der Waals surface area contributed by atoms with E-state index in [-0.39, 0.29) is 22.8 Å². The molecule has 33 heavy (non-hydrogen) atoms. The van der Waals surface area contributed by atoms with Gasteiger partial charge in [-0.25, -0.2) is 4.79 Å². The highest BCUT2D eigenvalue weighted by atomic mass is 32.2. The Bertz CT molecular complexity index is 870. The molecular formula is C25H35NO5S2. The number of hydrogen-bond donors (Lipinski definition) is 1. The number of ether oxygens (including phenoxy) is 2. The lowest BCUT2D eigenvalue weighted by molar-refractivity contribution is -0.145. The number of hydrogen-bond acceptors (Lipinski definition) is 6. The molecule has 1 N–H and O–H groups in total. The maximum absolute atomic E-state index is 12.8. The van der Waals surface area contributed by atoms with E-state index in [0.717, 1.165) is 30.2 Å². The normalized spacial score (nSPS) is 16.8. The van der Waals surface area contributed by atoms with Crippen LogP contribution in [0.3, 0.4) is 0 Å². The predicted molar refractivity (Wildman–Crippen MR) is 138 cm³/mol. The van der Waals surface area contributed by atoms with Crippen LogP contribution in [0, 0.1) is 0 Å². The molecule has 1 aliphatic rings. The van der Waals surface area contributed by atoms with E-state index in [4.69, 9.17) is 21.7 Å². The number of carboxylic acids is 1. The number of rotatable bonds is 14. The van der Waals surface area contributed by atoms with E-state index in [1.165, 1.54) is 30.6 Å². The van der Waals surface area contributed by atoms with Crippen LogP contribution in [-0.2, 0) is 9.59 Å². The summed E-state index contributed by atoms with van der Waals surface area (Å²) in [4.78, 5) is 26.0. The fraction of sp³-hybridized carbons (Fsp3) is 0.560. The molecule has 8 heteroatoms.